The van der Waals surface area contributed by atoms with Gasteiger partial charge in [0.1, 0.15) is 11.6 Å². The second-order valence-electron chi connectivity index (χ2n) is 4.73. The number of rotatable bonds is 4. The predicted octanol–water partition coefficient (Wildman–Crippen LogP) is 3.65. The Kier molecular flexibility index (Phi) is 4.17. The van der Waals surface area contributed by atoms with Crippen LogP contribution < -0.4 is 0 Å². The smallest absolute Gasteiger partial charge is 0.143 e. The number of hydrogen-bond donors (Lipinski definition) is 0. The molecule has 1 heterocycles. The molecule has 0 aliphatic rings. The van der Waals surface area contributed by atoms with Crippen LogP contribution in [0.2, 0.25) is 0 Å². The van der Waals surface area contributed by atoms with Crippen LogP contribution in [-0.2, 0) is 11.8 Å². The van der Waals surface area contributed by atoms with Crippen molar-refractivity contribution in [1.82, 2.24) is 14.8 Å². The lowest BCUT2D eigenvalue weighted by molar-refractivity contribution is 0.558. The van der Waals surface area contributed by atoms with Crippen LogP contribution >= 0.6 is 15.9 Å². The minimum atomic E-state index is 0.381. The number of halogens is 1. The molecule has 3 nitrogen and oxygen atoms in total. The summed E-state index contributed by atoms with van der Waals surface area (Å²) in [5.41, 5.74) is 2.61. The summed E-state index contributed by atoms with van der Waals surface area (Å²) < 4.78 is 2.21. The van der Waals surface area contributed by atoms with Crippen molar-refractivity contribution in [2.75, 3.05) is 0 Å². The third-order valence-corrected chi connectivity index (χ3v) is 3.58. The number of alkyl halides is 1. The minimum Gasteiger partial charge on any atom is -0.311 e. The van der Waals surface area contributed by atoms with E-state index in [1.807, 2.05) is 0 Å². The van der Waals surface area contributed by atoms with Gasteiger partial charge in [-0.1, -0.05) is 40.2 Å². The maximum atomic E-state index is 4.33. The second kappa shape index (κ2) is 5.65. The second-order valence-corrected chi connectivity index (χ2v) is 5.29. The van der Waals surface area contributed by atoms with Gasteiger partial charge in [-0.25, -0.2) is 0 Å². The van der Waals surface area contributed by atoms with Gasteiger partial charge in [-0.2, -0.15) is 0 Å². The van der Waals surface area contributed by atoms with Gasteiger partial charge in [0.2, 0.25) is 0 Å². The van der Waals surface area contributed by atoms with Gasteiger partial charge in [0.05, 0.1) is 5.33 Å². The summed E-state index contributed by atoms with van der Waals surface area (Å²) in [6.45, 7) is 6.46. The van der Waals surface area contributed by atoms with E-state index in [0.29, 0.717) is 6.04 Å². The molecule has 0 unspecified atom stereocenters. The molecule has 1 aromatic heterocycles. The molecule has 1 aromatic carbocycles. The van der Waals surface area contributed by atoms with Gasteiger partial charge in [0.15, 0.2) is 0 Å². The maximum absolute atomic E-state index is 4.33. The topological polar surface area (TPSA) is 30.7 Å². The van der Waals surface area contributed by atoms with Crippen LogP contribution in [0.15, 0.2) is 24.3 Å². The molecule has 4 heteroatoms. The number of aryl methyl sites for hydroxylation is 1. The van der Waals surface area contributed by atoms with Crippen LogP contribution in [0.4, 0.5) is 0 Å². The zero-order valence-electron chi connectivity index (χ0n) is 11.0. The molecule has 0 N–H and O–H groups in total. The van der Waals surface area contributed by atoms with Crippen molar-refractivity contribution in [2.24, 2.45) is 0 Å². The lowest BCUT2D eigenvalue weighted by Gasteiger charge is -2.13. The van der Waals surface area contributed by atoms with E-state index < -0.39 is 0 Å². The number of benzene rings is 1. The number of nitrogens with zero attached hydrogens (tertiary/aromatic N) is 3. The van der Waals surface area contributed by atoms with Crippen LogP contribution in [0.3, 0.4) is 0 Å². The summed E-state index contributed by atoms with van der Waals surface area (Å²) in [6.07, 6.45) is 0.838. The van der Waals surface area contributed by atoms with E-state index in [0.717, 1.165) is 23.4 Å². The molecule has 0 radical (unpaired) electrons. The Balaban J connectivity index is 2.35. The van der Waals surface area contributed by atoms with E-state index in [1.165, 1.54) is 11.1 Å². The van der Waals surface area contributed by atoms with Crippen LogP contribution in [0.1, 0.15) is 42.7 Å². The van der Waals surface area contributed by atoms with Crippen molar-refractivity contribution in [1.29, 1.82) is 0 Å². The van der Waals surface area contributed by atoms with E-state index in [9.17, 15) is 0 Å². The van der Waals surface area contributed by atoms with Crippen molar-refractivity contribution >= 4 is 15.9 Å². The average Bonchev–Trinajstić information content (AvgIpc) is 2.75. The molecule has 0 amide bonds. The molecule has 0 spiro atoms. The van der Waals surface area contributed by atoms with Gasteiger partial charge in [-0.3, -0.25) is 0 Å². The summed E-state index contributed by atoms with van der Waals surface area (Å²) in [5, 5.41) is 9.32. The first kappa shape index (κ1) is 13.3. The third kappa shape index (κ3) is 2.64. The largest absolute Gasteiger partial charge is 0.311 e. The molecule has 0 aliphatic heterocycles. The number of hydrogen-bond acceptors (Lipinski definition) is 2. The van der Waals surface area contributed by atoms with E-state index in [4.69, 9.17) is 0 Å². The lowest BCUT2D eigenvalue weighted by Crippen LogP contribution is -2.10. The number of aromatic nitrogens is 3. The average molecular weight is 308 g/mol. The maximum Gasteiger partial charge on any atom is 0.143 e. The Bertz CT molecular complexity index is 532. The first-order chi connectivity index (χ1) is 8.63. The molecule has 2 aromatic rings. The van der Waals surface area contributed by atoms with Crippen LogP contribution in [0.25, 0.3) is 0 Å². The van der Waals surface area contributed by atoms with Gasteiger partial charge in [-0.15, -0.1) is 10.2 Å². The Morgan fingerprint density at radius 2 is 1.83 bits per heavy atom. The van der Waals surface area contributed by atoms with Crippen LogP contribution in [0.5, 0.6) is 0 Å². The van der Waals surface area contributed by atoms with Gasteiger partial charge >= 0.3 is 0 Å². The summed E-state index contributed by atoms with van der Waals surface area (Å²) in [7, 11) is 0. The molecule has 18 heavy (non-hydrogen) atoms. The van der Waals surface area contributed by atoms with Gasteiger partial charge < -0.3 is 4.57 Å². The summed E-state index contributed by atoms with van der Waals surface area (Å²) in [5.74, 6) is 2.03. The quantitative estimate of drug-likeness (QED) is 0.807. The Hall–Kier alpha value is -1.16. The van der Waals surface area contributed by atoms with Gasteiger partial charge in [0, 0.05) is 12.5 Å². The summed E-state index contributed by atoms with van der Waals surface area (Å²) >= 11 is 3.47. The molecule has 0 bridgehead atoms. The SMILES string of the molecule is Cc1ccccc1Cc1nnc(CBr)n1C(C)C. The molecule has 0 saturated carbocycles. The van der Waals surface area contributed by atoms with E-state index in [2.05, 4.69) is 75.7 Å². The predicted molar refractivity (Wildman–Crippen MR) is 77.0 cm³/mol. The van der Waals surface area contributed by atoms with E-state index in [-0.39, 0.29) is 0 Å². The monoisotopic (exact) mass is 307 g/mol. The van der Waals surface area contributed by atoms with Crippen LogP contribution in [0, 0.1) is 6.92 Å². The minimum absolute atomic E-state index is 0.381. The Labute approximate surface area is 116 Å². The molecule has 0 aliphatic carbocycles. The van der Waals surface area contributed by atoms with E-state index in [1.54, 1.807) is 0 Å². The summed E-state index contributed by atoms with van der Waals surface area (Å²) in [4.78, 5) is 0. The molecule has 96 valence electrons. The van der Waals surface area contributed by atoms with E-state index >= 15 is 0 Å². The Morgan fingerprint density at radius 3 is 2.44 bits per heavy atom. The molecule has 0 saturated heterocycles. The molecule has 2 rings (SSSR count). The van der Waals surface area contributed by atoms with Gasteiger partial charge in [-0.05, 0) is 31.9 Å². The van der Waals surface area contributed by atoms with Crippen LogP contribution in [-0.4, -0.2) is 14.8 Å². The zero-order valence-corrected chi connectivity index (χ0v) is 12.6. The normalized spacial score (nSPS) is 11.2. The first-order valence-electron chi connectivity index (χ1n) is 6.16. The molecular formula is C14H18BrN3. The Morgan fingerprint density at radius 1 is 1.17 bits per heavy atom. The lowest BCUT2D eigenvalue weighted by atomic mass is 10.1. The highest BCUT2D eigenvalue weighted by molar-refractivity contribution is 9.08. The highest BCUT2D eigenvalue weighted by Gasteiger charge is 2.14. The fraction of sp³-hybridized carbons (Fsp3) is 0.429. The fourth-order valence-electron chi connectivity index (χ4n) is 2.15. The van der Waals surface area contributed by atoms with Gasteiger partial charge in [0.25, 0.3) is 0 Å². The zero-order chi connectivity index (χ0) is 13.1. The van der Waals surface area contributed by atoms with Crippen molar-refractivity contribution in [3.8, 4) is 0 Å². The molecule has 0 atom stereocenters. The highest BCUT2D eigenvalue weighted by atomic mass is 79.9. The third-order valence-electron chi connectivity index (χ3n) is 3.08. The molecular weight excluding hydrogens is 290 g/mol. The summed E-state index contributed by atoms with van der Waals surface area (Å²) in [6, 6.07) is 8.81. The van der Waals surface area contributed by atoms with Crippen molar-refractivity contribution in [3.05, 3.63) is 47.0 Å². The van der Waals surface area contributed by atoms with Crippen molar-refractivity contribution in [3.63, 3.8) is 0 Å². The first-order valence-corrected chi connectivity index (χ1v) is 7.28. The molecule has 0 fully saturated rings. The fourth-order valence-corrected chi connectivity index (χ4v) is 2.53. The highest BCUT2D eigenvalue weighted by Crippen LogP contribution is 2.18. The van der Waals surface area contributed by atoms with Crippen molar-refractivity contribution < 1.29 is 0 Å². The van der Waals surface area contributed by atoms with Crippen molar-refractivity contribution in [2.45, 2.75) is 38.6 Å². The standard InChI is InChI=1S/C14H18BrN3/c1-10(2)18-13(16-17-14(18)9-15)8-12-7-5-4-6-11(12)3/h4-7,10H,8-9H2,1-3H3.